The highest BCUT2D eigenvalue weighted by Crippen LogP contribution is 2.07. The van der Waals surface area contributed by atoms with Crippen LogP contribution in [0.4, 0.5) is 0 Å². The van der Waals surface area contributed by atoms with Crippen LogP contribution in [0.1, 0.15) is 32.6 Å². The van der Waals surface area contributed by atoms with Crippen molar-refractivity contribution >= 4 is 11.8 Å². The molecule has 86 valence electrons. The van der Waals surface area contributed by atoms with Crippen molar-refractivity contribution in [3.8, 4) is 0 Å². The molecule has 1 saturated heterocycles. The molecule has 1 aliphatic rings. The van der Waals surface area contributed by atoms with Crippen LogP contribution in [0.5, 0.6) is 0 Å². The monoisotopic (exact) mass is 214 g/mol. The maximum absolute atomic E-state index is 11.6. The third-order valence-corrected chi connectivity index (χ3v) is 2.63. The molecule has 1 fully saturated rings. The molecule has 0 aromatic rings. The topological polar surface area (TPSA) is 78.4 Å². The largest absolute Gasteiger partial charge is 0.396 e. The van der Waals surface area contributed by atoms with Crippen molar-refractivity contribution < 1.29 is 14.7 Å². The van der Waals surface area contributed by atoms with E-state index in [2.05, 4.69) is 10.6 Å². The van der Waals surface area contributed by atoms with Gasteiger partial charge in [0.25, 0.3) is 0 Å². The van der Waals surface area contributed by atoms with Gasteiger partial charge in [0.15, 0.2) is 0 Å². The van der Waals surface area contributed by atoms with Gasteiger partial charge in [-0.05, 0) is 19.3 Å². The maximum atomic E-state index is 11.6. The van der Waals surface area contributed by atoms with Crippen LogP contribution in [-0.4, -0.2) is 35.6 Å². The Bertz CT molecular complexity index is 243. The number of nitrogens with one attached hydrogen (secondary N) is 2. The summed E-state index contributed by atoms with van der Waals surface area (Å²) in [5.41, 5.74) is 0. The zero-order chi connectivity index (χ0) is 11.3. The van der Waals surface area contributed by atoms with Gasteiger partial charge in [0.2, 0.25) is 11.8 Å². The summed E-state index contributed by atoms with van der Waals surface area (Å²) in [4.78, 5) is 22.5. The van der Waals surface area contributed by atoms with E-state index in [-0.39, 0.29) is 30.5 Å². The van der Waals surface area contributed by atoms with E-state index in [1.54, 1.807) is 0 Å². The molecule has 0 aromatic heterocycles. The predicted octanol–water partition coefficient (Wildman–Crippen LogP) is -0.458. The van der Waals surface area contributed by atoms with Gasteiger partial charge in [-0.15, -0.1) is 0 Å². The number of carbonyl (C=O) groups is 2. The minimum absolute atomic E-state index is 0.00000189. The number of amides is 2. The predicted molar refractivity (Wildman–Crippen MR) is 55.1 cm³/mol. The molecule has 2 unspecified atom stereocenters. The second-order valence-corrected chi connectivity index (χ2v) is 3.78. The van der Waals surface area contributed by atoms with Gasteiger partial charge < -0.3 is 15.7 Å². The molecule has 1 aliphatic heterocycles. The molecule has 2 amide bonds. The lowest BCUT2D eigenvalue weighted by molar-refractivity contribution is -0.126. The van der Waals surface area contributed by atoms with E-state index in [4.69, 9.17) is 5.11 Å². The van der Waals surface area contributed by atoms with Crippen molar-refractivity contribution in [1.29, 1.82) is 0 Å². The van der Waals surface area contributed by atoms with Crippen LogP contribution in [0.3, 0.4) is 0 Å². The third-order valence-electron chi connectivity index (χ3n) is 2.63. The lowest BCUT2D eigenvalue weighted by Gasteiger charge is -2.18. The molecular formula is C10H18N2O3. The molecule has 3 N–H and O–H groups in total. The van der Waals surface area contributed by atoms with Crippen molar-refractivity contribution in [1.82, 2.24) is 10.6 Å². The minimum Gasteiger partial charge on any atom is -0.396 e. The van der Waals surface area contributed by atoms with Gasteiger partial charge >= 0.3 is 0 Å². The second-order valence-electron chi connectivity index (χ2n) is 3.78. The molecule has 1 rings (SSSR count). The van der Waals surface area contributed by atoms with E-state index in [1.165, 1.54) is 0 Å². The van der Waals surface area contributed by atoms with Gasteiger partial charge in [0.1, 0.15) is 6.04 Å². The Kier molecular flexibility index (Phi) is 4.55. The average Bonchev–Trinajstić information content (AvgIpc) is 2.64. The Morgan fingerprint density at radius 1 is 1.73 bits per heavy atom. The van der Waals surface area contributed by atoms with Crippen LogP contribution < -0.4 is 10.6 Å². The van der Waals surface area contributed by atoms with Crippen LogP contribution in [0.2, 0.25) is 0 Å². The summed E-state index contributed by atoms with van der Waals surface area (Å²) >= 11 is 0. The van der Waals surface area contributed by atoms with Gasteiger partial charge in [0, 0.05) is 19.1 Å². The normalized spacial score (nSPS) is 22.3. The van der Waals surface area contributed by atoms with E-state index in [0.29, 0.717) is 19.3 Å². The zero-order valence-electron chi connectivity index (χ0n) is 8.95. The van der Waals surface area contributed by atoms with Gasteiger partial charge in [-0.25, -0.2) is 0 Å². The van der Waals surface area contributed by atoms with Crippen LogP contribution in [0.15, 0.2) is 0 Å². The van der Waals surface area contributed by atoms with Crippen molar-refractivity contribution in [2.75, 3.05) is 6.61 Å². The lowest BCUT2D eigenvalue weighted by atomic mass is 10.1. The first-order chi connectivity index (χ1) is 7.17. The Morgan fingerprint density at radius 3 is 2.93 bits per heavy atom. The highest BCUT2D eigenvalue weighted by molar-refractivity contribution is 5.90. The quantitative estimate of drug-likeness (QED) is 0.579. The van der Waals surface area contributed by atoms with Crippen molar-refractivity contribution in [2.24, 2.45) is 0 Å². The van der Waals surface area contributed by atoms with E-state index in [0.717, 1.165) is 6.42 Å². The van der Waals surface area contributed by atoms with Crippen molar-refractivity contribution in [3.63, 3.8) is 0 Å². The van der Waals surface area contributed by atoms with Crippen LogP contribution in [0.25, 0.3) is 0 Å². The molecule has 0 bridgehead atoms. The minimum atomic E-state index is -0.384. The standard InChI is InChI=1S/C10H18N2O3/c1-2-7(5-6-13)11-10(15)8-3-4-9(14)12-8/h7-8,13H,2-6H2,1H3,(H,11,15)(H,12,14). The highest BCUT2D eigenvalue weighted by atomic mass is 16.3. The molecule has 5 nitrogen and oxygen atoms in total. The lowest BCUT2D eigenvalue weighted by Crippen LogP contribution is -2.46. The summed E-state index contributed by atoms with van der Waals surface area (Å²) in [5, 5.41) is 14.2. The van der Waals surface area contributed by atoms with Gasteiger partial charge in [0.05, 0.1) is 0 Å². The van der Waals surface area contributed by atoms with Gasteiger partial charge in [-0.2, -0.15) is 0 Å². The molecular weight excluding hydrogens is 196 g/mol. The maximum Gasteiger partial charge on any atom is 0.242 e. The molecule has 0 aromatic carbocycles. The molecule has 0 radical (unpaired) electrons. The number of aliphatic hydroxyl groups is 1. The van der Waals surface area contributed by atoms with E-state index in [1.807, 2.05) is 6.92 Å². The van der Waals surface area contributed by atoms with E-state index >= 15 is 0 Å². The van der Waals surface area contributed by atoms with Gasteiger partial charge in [-0.1, -0.05) is 6.92 Å². The first kappa shape index (κ1) is 12.0. The summed E-state index contributed by atoms with van der Waals surface area (Å²) in [6, 6.07) is -0.384. The van der Waals surface area contributed by atoms with Crippen molar-refractivity contribution in [2.45, 2.75) is 44.7 Å². The molecule has 15 heavy (non-hydrogen) atoms. The van der Waals surface area contributed by atoms with Crippen LogP contribution in [0, 0.1) is 0 Å². The molecule has 1 heterocycles. The molecule has 0 spiro atoms. The Balaban J connectivity index is 2.36. The Hall–Kier alpha value is -1.10. The summed E-state index contributed by atoms with van der Waals surface area (Å²) in [7, 11) is 0. The second kappa shape index (κ2) is 5.70. The van der Waals surface area contributed by atoms with Crippen LogP contribution in [-0.2, 0) is 9.59 Å². The average molecular weight is 214 g/mol. The fraction of sp³-hybridized carbons (Fsp3) is 0.800. The molecule has 2 atom stereocenters. The number of aliphatic hydroxyl groups excluding tert-OH is 1. The Labute approximate surface area is 89.2 Å². The summed E-state index contributed by atoms with van der Waals surface area (Å²) < 4.78 is 0. The number of hydrogen-bond acceptors (Lipinski definition) is 3. The summed E-state index contributed by atoms with van der Waals surface area (Å²) in [6.07, 6.45) is 2.34. The smallest absolute Gasteiger partial charge is 0.242 e. The van der Waals surface area contributed by atoms with Crippen molar-refractivity contribution in [3.05, 3.63) is 0 Å². The number of carbonyl (C=O) groups excluding carboxylic acids is 2. The fourth-order valence-electron chi connectivity index (χ4n) is 1.65. The van der Waals surface area contributed by atoms with E-state index in [9.17, 15) is 9.59 Å². The first-order valence-corrected chi connectivity index (χ1v) is 5.38. The number of rotatable bonds is 5. The summed E-state index contributed by atoms with van der Waals surface area (Å²) in [6.45, 7) is 2.02. The molecule has 5 heteroatoms. The fourth-order valence-corrected chi connectivity index (χ4v) is 1.65. The highest BCUT2D eigenvalue weighted by Gasteiger charge is 2.27. The summed E-state index contributed by atoms with van der Waals surface area (Å²) in [5.74, 6) is -0.202. The van der Waals surface area contributed by atoms with E-state index < -0.39 is 0 Å². The first-order valence-electron chi connectivity index (χ1n) is 5.38. The molecule has 0 aliphatic carbocycles. The third kappa shape index (κ3) is 3.51. The molecule has 0 saturated carbocycles. The zero-order valence-corrected chi connectivity index (χ0v) is 8.95. The van der Waals surface area contributed by atoms with Crippen LogP contribution >= 0.6 is 0 Å². The SMILES string of the molecule is CCC(CCO)NC(=O)C1CCC(=O)N1. The number of hydrogen-bond donors (Lipinski definition) is 3. The Morgan fingerprint density at radius 2 is 2.47 bits per heavy atom. The van der Waals surface area contributed by atoms with Gasteiger partial charge in [-0.3, -0.25) is 9.59 Å².